The normalized spacial score (nSPS) is 12.0. The van der Waals surface area contributed by atoms with Crippen LogP contribution in [0.5, 0.6) is 6.01 Å². The van der Waals surface area contributed by atoms with E-state index in [4.69, 9.17) is 14.2 Å². The van der Waals surface area contributed by atoms with Crippen molar-refractivity contribution < 1.29 is 23.7 Å². The summed E-state index contributed by atoms with van der Waals surface area (Å²) in [5.41, 5.74) is 1.83. The Morgan fingerprint density at radius 3 is 2.61 bits per heavy atom. The molecule has 0 aliphatic carbocycles. The molecule has 1 aromatic heterocycles. The Bertz CT molecular complexity index is 949. The molecular weight excluding hydrogens is 403 g/mol. The number of aromatic nitrogens is 3. The van der Waals surface area contributed by atoms with E-state index < -0.39 is 11.9 Å². The molecular formula is C22H27FN4O4. The number of benzene rings is 2. The van der Waals surface area contributed by atoms with Crippen LogP contribution in [-0.4, -0.2) is 66.1 Å². The molecule has 0 bridgehead atoms. The lowest BCUT2D eigenvalue weighted by molar-refractivity contribution is 0.0727. The Morgan fingerprint density at radius 1 is 1.13 bits per heavy atom. The third-order valence-electron chi connectivity index (χ3n) is 4.38. The minimum Gasteiger partial charge on any atom is -0.460 e. The number of aliphatic hydroxyl groups is 1. The maximum Gasteiger partial charge on any atom is 0.336 e. The highest BCUT2D eigenvalue weighted by Gasteiger charge is 2.17. The molecule has 0 amide bonds. The van der Waals surface area contributed by atoms with Crippen LogP contribution in [0.25, 0.3) is 17.1 Å². The van der Waals surface area contributed by atoms with Gasteiger partial charge in [-0.15, -0.1) is 5.10 Å². The molecule has 0 fully saturated rings. The number of methoxy groups -OCH3 is 1. The summed E-state index contributed by atoms with van der Waals surface area (Å²) in [6.07, 6.45) is -0.607. The summed E-state index contributed by atoms with van der Waals surface area (Å²) < 4.78 is 31.8. The zero-order valence-corrected chi connectivity index (χ0v) is 17.6. The van der Waals surface area contributed by atoms with Crippen molar-refractivity contribution in [1.82, 2.24) is 14.8 Å². The molecule has 1 atom stereocenters. The van der Waals surface area contributed by atoms with E-state index in [1.54, 1.807) is 18.2 Å². The van der Waals surface area contributed by atoms with Crippen LogP contribution in [0.3, 0.4) is 0 Å². The number of hydrogen-bond acceptors (Lipinski definition) is 7. The van der Waals surface area contributed by atoms with Gasteiger partial charge in [-0.05, 0) is 43.3 Å². The molecule has 31 heavy (non-hydrogen) atoms. The minimum absolute atomic E-state index is 0.142. The van der Waals surface area contributed by atoms with Crippen molar-refractivity contribution >= 4 is 5.69 Å². The van der Waals surface area contributed by atoms with Crippen LogP contribution >= 0.6 is 0 Å². The van der Waals surface area contributed by atoms with Crippen molar-refractivity contribution in [2.75, 3.05) is 45.4 Å². The number of hydrogen-bond donors (Lipinski definition) is 2. The quantitative estimate of drug-likeness (QED) is 0.427. The van der Waals surface area contributed by atoms with E-state index in [2.05, 4.69) is 15.4 Å². The van der Waals surface area contributed by atoms with Crippen molar-refractivity contribution in [3.05, 3.63) is 54.3 Å². The Labute approximate surface area is 180 Å². The molecule has 2 aromatic carbocycles. The van der Waals surface area contributed by atoms with E-state index in [0.29, 0.717) is 43.4 Å². The zero-order valence-electron chi connectivity index (χ0n) is 17.6. The molecule has 0 saturated heterocycles. The molecule has 0 aliphatic rings. The van der Waals surface area contributed by atoms with E-state index in [0.717, 1.165) is 5.69 Å². The Kier molecular flexibility index (Phi) is 8.34. The maximum atomic E-state index is 14.4. The van der Waals surface area contributed by atoms with E-state index in [1.807, 2.05) is 31.2 Å². The molecule has 8 nitrogen and oxygen atoms in total. The first-order chi connectivity index (χ1) is 15.1. The lowest BCUT2D eigenvalue weighted by Crippen LogP contribution is -2.24. The first-order valence-corrected chi connectivity index (χ1v) is 10.1. The first-order valence-electron chi connectivity index (χ1n) is 10.1. The maximum absolute atomic E-state index is 14.4. The van der Waals surface area contributed by atoms with Crippen LogP contribution in [0, 0.1) is 5.82 Å². The lowest BCUT2D eigenvalue weighted by Gasteiger charge is -2.12. The van der Waals surface area contributed by atoms with Crippen LogP contribution in [-0.2, 0) is 9.47 Å². The van der Waals surface area contributed by atoms with Gasteiger partial charge in [0.2, 0.25) is 0 Å². The minimum atomic E-state index is -0.607. The van der Waals surface area contributed by atoms with E-state index in [9.17, 15) is 9.50 Å². The summed E-state index contributed by atoms with van der Waals surface area (Å²) in [7, 11) is 1.54. The fourth-order valence-corrected chi connectivity index (χ4v) is 2.89. The number of nitrogens with zero attached hydrogens (tertiary/aromatic N) is 3. The summed E-state index contributed by atoms with van der Waals surface area (Å²) in [6, 6.07) is 13.9. The predicted octanol–water partition coefficient (Wildman–Crippen LogP) is 2.91. The molecule has 2 N–H and O–H groups in total. The number of rotatable bonds is 12. The van der Waals surface area contributed by atoms with Gasteiger partial charge >= 0.3 is 6.01 Å². The second-order valence-electron chi connectivity index (χ2n) is 6.69. The highest BCUT2D eigenvalue weighted by Crippen LogP contribution is 2.26. The fourth-order valence-electron chi connectivity index (χ4n) is 2.89. The molecule has 0 radical (unpaired) electrons. The summed E-state index contributed by atoms with van der Waals surface area (Å²) in [5, 5.41) is 17.3. The smallest absolute Gasteiger partial charge is 0.336 e. The van der Waals surface area contributed by atoms with Crippen LogP contribution in [0.1, 0.15) is 6.92 Å². The summed E-state index contributed by atoms with van der Waals surface area (Å²) in [5.74, 6) is -0.0665. The monoisotopic (exact) mass is 430 g/mol. The molecule has 9 heteroatoms. The van der Waals surface area contributed by atoms with Gasteiger partial charge < -0.3 is 24.6 Å². The van der Waals surface area contributed by atoms with Gasteiger partial charge in [0.1, 0.15) is 12.4 Å². The van der Waals surface area contributed by atoms with Crippen molar-refractivity contribution in [1.29, 1.82) is 0 Å². The topological polar surface area (TPSA) is 90.7 Å². The third-order valence-corrected chi connectivity index (χ3v) is 4.38. The Morgan fingerprint density at radius 2 is 1.90 bits per heavy atom. The van der Waals surface area contributed by atoms with Crippen LogP contribution < -0.4 is 10.1 Å². The first kappa shape index (κ1) is 22.7. The third kappa shape index (κ3) is 6.24. The van der Waals surface area contributed by atoms with E-state index in [1.165, 1.54) is 17.9 Å². The van der Waals surface area contributed by atoms with Crippen molar-refractivity contribution in [3.63, 3.8) is 0 Å². The number of ether oxygens (including phenoxy) is 3. The van der Waals surface area contributed by atoms with Crippen molar-refractivity contribution in [2.24, 2.45) is 0 Å². The van der Waals surface area contributed by atoms with Gasteiger partial charge in [-0.1, -0.05) is 12.1 Å². The highest BCUT2D eigenvalue weighted by atomic mass is 19.1. The average Bonchev–Trinajstić information content (AvgIpc) is 3.20. The van der Waals surface area contributed by atoms with Gasteiger partial charge in [-0.25, -0.2) is 9.07 Å². The molecule has 166 valence electrons. The second kappa shape index (κ2) is 11.4. The van der Waals surface area contributed by atoms with Gasteiger partial charge in [0.25, 0.3) is 0 Å². The largest absolute Gasteiger partial charge is 0.460 e. The standard InChI is InChI=1S/C22H27FN4O4/c1-3-30-12-13-31-22-25-21(19-6-4-5-7-20(19)23)27(26-22)17-10-8-16(9-11-17)24-14-18(28)15-29-2/h4-11,18,24,28H,3,12-15H2,1-2H3/t18-/m0/s1. The molecule has 0 aliphatic heterocycles. The Balaban J connectivity index is 1.83. The second-order valence-corrected chi connectivity index (χ2v) is 6.69. The number of aliphatic hydroxyl groups excluding tert-OH is 1. The molecule has 0 saturated carbocycles. The number of halogens is 1. The van der Waals surface area contributed by atoms with Gasteiger partial charge in [0.15, 0.2) is 5.82 Å². The summed E-state index contributed by atoms with van der Waals surface area (Å²) in [6.45, 7) is 3.81. The van der Waals surface area contributed by atoms with Gasteiger partial charge in [0, 0.05) is 25.9 Å². The van der Waals surface area contributed by atoms with Crippen LogP contribution in [0.4, 0.5) is 10.1 Å². The van der Waals surface area contributed by atoms with Gasteiger partial charge in [-0.3, -0.25) is 0 Å². The van der Waals surface area contributed by atoms with Crippen LogP contribution in [0.2, 0.25) is 0 Å². The Hall–Kier alpha value is -3.01. The lowest BCUT2D eigenvalue weighted by atomic mass is 10.2. The fraction of sp³-hybridized carbons (Fsp3) is 0.364. The highest BCUT2D eigenvalue weighted by molar-refractivity contribution is 5.60. The number of nitrogens with one attached hydrogen (secondary N) is 1. The summed E-state index contributed by atoms with van der Waals surface area (Å²) >= 11 is 0. The van der Waals surface area contributed by atoms with Crippen LogP contribution in [0.15, 0.2) is 48.5 Å². The predicted molar refractivity (Wildman–Crippen MR) is 115 cm³/mol. The summed E-state index contributed by atoms with van der Waals surface area (Å²) in [4.78, 5) is 4.39. The average molecular weight is 430 g/mol. The van der Waals surface area contributed by atoms with E-state index in [-0.39, 0.29) is 12.6 Å². The molecule has 0 unspecified atom stereocenters. The van der Waals surface area contributed by atoms with Crippen molar-refractivity contribution in [3.8, 4) is 23.1 Å². The van der Waals surface area contributed by atoms with Gasteiger partial charge in [0.05, 0.1) is 30.6 Å². The molecule has 3 aromatic rings. The van der Waals surface area contributed by atoms with Crippen molar-refractivity contribution in [2.45, 2.75) is 13.0 Å². The van der Waals surface area contributed by atoms with E-state index >= 15 is 0 Å². The SMILES string of the molecule is CCOCCOc1nc(-c2ccccc2F)n(-c2ccc(NC[C@H](O)COC)cc2)n1. The zero-order chi connectivity index (χ0) is 22.1. The number of anilines is 1. The molecule has 1 heterocycles. The molecule has 0 spiro atoms. The molecule has 3 rings (SSSR count). The van der Waals surface area contributed by atoms with Gasteiger partial charge in [-0.2, -0.15) is 4.98 Å².